The van der Waals surface area contributed by atoms with Crippen molar-refractivity contribution in [2.75, 3.05) is 11.1 Å². The molecule has 0 bridgehead atoms. The van der Waals surface area contributed by atoms with Gasteiger partial charge in [-0.3, -0.25) is 4.79 Å². The average Bonchev–Trinajstić information content (AvgIpc) is 3.17. The van der Waals surface area contributed by atoms with Crippen LogP contribution < -0.4 is 5.32 Å². The van der Waals surface area contributed by atoms with Crippen LogP contribution in [0.25, 0.3) is 11.3 Å². The molecule has 0 aliphatic rings. The molecule has 8 heteroatoms. The van der Waals surface area contributed by atoms with Crippen molar-refractivity contribution in [3.8, 4) is 11.3 Å². The molecule has 6 nitrogen and oxygen atoms in total. The van der Waals surface area contributed by atoms with Crippen molar-refractivity contribution in [2.45, 2.75) is 19.0 Å². The highest BCUT2D eigenvalue weighted by Gasteiger charge is 2.10. The standard InChI is InChI=1S/C16H17N5OS2/c1-10-4-5-12(6-11(10)2)13-7-23-15(18-13)19-14(22)8-24-16-20-17-9-21(16)3/h4-7,9H,8H2,1-3H3,(H,18,19,22). The van der Waals surface area contributed by atoms with E-state index < -0.39 is 0 Å². The molecule has 0 saturated carbocycles. The second-order valence-corrected chi connectivity index (χ2v) is 7.20. The normalized spacial score (nSPS) is 10.8. The zero-order valence-corrected chi connectivity index (χ0v) is 15.2. The van der Waals surface area contributed by atoms with Crippen molar-refractivity contribution in [1.29, 1.82) is 0 Å². The summed E-state index contributed by atoms with van der Waals surface area (Å²) in [6.45, 7) is 4.16. The molecule has 0 atom stereocenters. The van der Waals surface area contributed by atoms with Crippen molar-refractivity contribution in [1.82, 2.24) is 19.7 Å². The molecule has 0 aliphatic carbocycles. The number of thiazole rings is 1. The molecule has 3 rings (SSSR count). The number of carbonyl (C=O) groups is 1. The highest BCUT2D eigenvalue weighted by atomic mass is 32.2. The Morgan fingerprint density at radius 3 is 2.88 bits per heavy atom. The lowest BCUT2D eigenvalue weighted by atomic mass is 10.1. The fraction of sp³-hybridized carbons (Fsp3) is 0.250. The Morgan fingerprint density at radius 2 is 2.17 bits per heavy atom. The fourth-order valence-electron chi connectivity index (χ4n) is 2.05. The zero-order chi connectivity index (χ0) is 17.1. The van der Waals surface area contributed by atoms with Gasteiger partial charge in [0.1, 0.15) is 6.33 Å². The molecule has 124 valence electrons. The zero-order valence-electron chi connectivity index (χ0n) is 13.6. The summed E-state index contributed by atoms with van der Waals surface area (Å²) < 4.78 is 1.78. The molecule has 2 heterocycles. The van der Waals surface area contributed by atoms with Gasteiger partial charge in [0.05, 0.1) is 11.4 Å². The largest absolute Gasteiger partial charge is 0.312 e. The van der Waals surface area contributed by atoms with Crippen LogP contribution in [-0.2, 0) is 11.8 Å². The molecular formula is C16H17N5OS2. The Kier molecular flexibility index (Phi) is 4.96. The highest BCUT2D eigenvalue weighted by molar-refractivity contribution is 7.99. The van der Waals surface area contributed by atoms with Crippen LogP contribution in [-0.4, -0.2) is 31.4 Å². The van der Waals surface area contributed by atoms with Gasteiger partial charge >= 0.3 is 0 Å². The van der Waals surface area contributed by atoms with E-state index >= 15 is 0 Å². The Balaban J connectivity index is 1.62. The number of nitrogens with zero attached hydrogens (tertiary/aromatic N) is 4. The van der Waals surface area contributed by atoms with E-state index in [1.807, 2.05) is 18.5 Å². The van der Waals surface area contributed by atoms with Crippen LogP contribution in [0.1, 0.15) is 11.1 Å². The van der Waals surface area contributed by atoms with Gasteiger partial charge < -0.3 is 9.88 Å². The molecule has 1 N–H and O–H groups in total. The number of hydrogen-bond acceptors (Lipinski definition) is 6. The number of carbonyl (C=O) groups excluding carboxylic acids is 1. The molecule has 3 aromatic rings. The molecule has 0 fully saturated rings. The summed E-state index contributed by atoms with van der Waals surface area (Å²) in [4.78, 5) is 16.5. The lowest BCUT2D eigenvalue weighted by Crippen LogP contribution is -2.14. The number of hydrogen-bond donors (Lipinski definition) is 1. The molecule has 2 aromatic heterocycles. The molecular weight excluding hydrogens is 342 g/mol. The minimum Gasteiger partial charge on any atom is -0.312 e. The molecule has 1 amide bonds. The first kappa shape index (κ1) is 16.7. The van der Waals surface area contributed by atoms with Crippen molar-refractivity contribution >= 4 is 34.1 Å². The number of benzene rings is 1. The van der Waals surface area contributed by atoms with Gasteiger partial charge in [-0.25, -0.2) is 4.98 Å². The number of thioether (sulfide) groups is 1. The monoisotopic (exact) mass is 359 g/mol. The lowest BCUT2D eigenvalue weighted by Gasteiger charge is -2.03. The maximum atomic E-state index is 12.0. The number of anilines is 1. The smallest absolute Gasteiger partial charge is 0.236 e. The van der Waals surface area contributed by atoms with Gasteiger partial charge in [-0.05, 0) is 31.0 Å². The molecule has 1 aromatic carbocycles. The van der Waals surface area contributed by atoms with Crippen molar-refractivity contribution in [3.05, 3.63) is 41.0 Å². The van der Waals surface area contributed by atoms with E-state index in [0.29, 0.717) is 10.3 Å². The Hall–Kier alpha value is -2.19. The maximum absolute atomic E-state index is 12.0. The average molecular weight is 359 g/mol. The van der Waals surface area contributed by atoms with Gasteiger partial charge in [0, 0.05) is 18.0 Å². The number of rotatable bonds is 5. The third kappa shape index (κ3) is 3.82. The van der Waals surface area contributed by atoms with Gasteiger partial charge in [0.15, 0.2) is 10.3 Å². The number of amides is 1. The summed E-state index contributed by atoms with van der Waals surface area (Å²) in [6.07, 6.45) is 1.61. The van der Waals surface area contributed by atoms with E-state index in [9.17, 15) is 4.79 Å². The van der Waals surface area contributed by atoms with Crippen LogP contribution in [0.4, 0.5) is 5.13 Å². The predicted octanol–water partition coefficient (Wildman–Crippen LogP) is 3.29. The molecule has 0 radical (unpaired) electrons. The topological polar surface area (TPSA) is 72.7 Å². The van der Waals surface area contributed by atoms with Crippen LogP contribution in [0.3, 0.4) is 0 Å². The SMILES string of the molecule is Cc1ccc(-c2csc(NC(=O)CSc3nncn3C)n2)cc1C. The van der Waals surface area contributed by atoms with Gasteiger partial charge in [-0.15, -0.1) is 21.5 Å². The van der Waals surface area contributed by atoms with Crippen LogP contribution in [0.15, 0.2) is 35.1 Å². The Bertz CT molecular complexity index is 871. The maximum Gasteiger partial charge on any atom is 0.236 e. The number of aryl methyl sites for hydroxylation is 3. The van der Waals surface area contributed by atoms with Crippen LogP contribution >= 0.6 is 23.1 Å². The third-order valence-electron chi connectivity index (χ3n) is 3.56. The second-order valence-electron chi connectivity index (χ2n) is 5.40. The summed E-state index contributed by atoms with van der Waals surface area (Å²) in [5.41, 5.74) is 4.41. The molecule has 0 saturated heterocycles. The second kappa shape index (κ2) is 7.14. The van der Waals surface area contributed by atoms with E-state index in [0.717, 1.165) is 11.3 Å². The summed E-state index contributed by atoms with van der Waals surface area (Å²) >= 11 is 2.77. The van der Waals surface area contributed by atoms with Gasteiger partial charge in [-0.1, -0.05) is 23.9 Å². The first-order chi connectivity index (χ1) is 11.5. The summed E-state index contributed by atoms with van der Waals surface area (Å²) in [5, 5.41) is 13.8. The van der Waals surface area contributed by atoms with E-state index in [-0.39, 0.29) is 11.7 Å². The van der Waals surface area contributed by atoms with Crippen molar-refractivity contribution < 1.29 is 4.79 Å². The lowest BCUT2D eigenvalue weighted by molar-refractivity contribution is -0.113. The summed E-state index contributed by atoms with van der Waals surface area (Å²) in [6, 6.07) is 6.24. The quantitative estimate of drug-likeness (QED) is 0.708. The number of aromatic nitrogens is 4. The third-order valence-corrected chi connectivity index (χ3v) is 5.35. The molecule has 0 spiro atoms. The van der Waals surface area contributed by atoms with Crippen molar-refractivity contribution in [3.63, 3.8) is 0 Å². The molecule has 0 unspecified atom stereocenters. The van der Waals surface area contributed by atoms with E-state index in [4.69, 9.17) is 0 Å². The van der Waals surface area contributed by atoms with Gasteiger partial charge in [0.25, 0.3) is 0 Å². The highest BCUT2D eigenvalue weighted by Crippen LogP contribution is 2.26. The Labute approximate surface area is 148 Å². The number of nitrogens with one attached hydrogen (secondary N) is 1. The fourth-order valence-corrected chi connectivity index (χ4v) is 3.48. The van der Waals surface area contributed by atoms with Crippen molar-refractivity contribution in [2.24, 2.45) is 7.05 Å². The van der Waals surface area contributed by atoms with Gasteiger partial charge in [0.2, 0.25) is 5.91 Å². The van der Waals surface area contributed by atoms with Crippen LogP contribution in [0, 0.1) is 13.8 Å². The molecule has 0 aliphatic heterocycles. The van der Waals surface area contributed by atoms with Crippen LogP contribution in [0.2, 0.25) is 0 Å². The summed E-state index contributed by atoms with van der Waals surface area (Å²) in [7, 11) is 1.84. The van der Waals surface area contributed by atoms with Crippen LogP contribution in [0.5, 0.6) is 0 Å². The van der Waals surface area contributed by atoms with E-state index in [2.05, 4.69) is 46.5 Å². The van der Waals surface area contributed by atoms with Gasteiger partial charge in [-0.2, -0.15) is 0 Å². The molecule has 24 heavy (non-hydrogen) atoms. The van der Waals surface area contributed by atoms with E-state index in [1.165, 1.54) is 34.2 Å². The minimum absolute atomic E-state index is 0.107. The Morgan fingerprint density at radius 1 is 1.33 bits per heavy atom. The first-order valence-electron chi connectivity index (χ1n) is 7.33. The first-order valence-corrected chi connectivity index (χ1v) is 9.19. The van der Waals surface area contributed by atoms with E-state index in [1.54, 1.807) is 10.9 Å². The summed E-state index contributed by atoms with van der Waals surface area (Å²) in [5.74, 6) is 0.162. The minimum atomic E-state index is -0.107. The predicted molar refractivity (Wildman–Crippen MR) is 97.4 cm³/mol.